The number of Topliss-reactive ketones (excluding diaryl/α,β-unsaturated/α-hetero) is 1. The van der Waals surface area contributed by atoms with Crippen molar-refractivity contribution in [1.29, 1.82) is 0 Å². The van der Waals surface area contributed by atoms with Gasteiger partial charge in [0, 0.05) is 30.0 Å². The lowest BCUT2D eigenvalue weighted by Crippen LogP contribution is -2.28. The number of ketones is 1. The molecule has 132 valence electrons. The predicted molar refractivity (Wildman–Crippen MR) is 97.1 cm³/mol. The fourth-order valence-corrected chi connectivity index (χ4v) is 3.96. The molecular weight excluding hydrogens is 338 g/mol. The molecule has 2 heterocycles. The Morgan fingerprint density at radius 1 is 1.20 bits per heavy atom. The normalized spacial score (nSPS) is 16.8. The number of likely N-dealkylation sites (tertiary alicyclic amines) is 1. The average Bonchev–Trinajstić information content (AvgIpc) is 3.30. The summed E-state index contributed by atoms with van der Waals surface area (Å²) in [5.74, 6) is 1.77. The summed E-state index contributed by atoms with van der Waals surface area (Å²) in [7, 11) is 3.29. The van der Waals surface area contributed by atoms with Crippen molar-refractivity contribution >= 4 is 23.0 Å². The van der Waals surface area contributed by atoms with Crippen LogP contribution in [0.25, 0.3) is 0 Å². The van der Waals surface area contributed by atoms with Crippen molar-refractivity contribution in [2.24, 2.45) is 0 Å². The van der Waals surface area contributed by atoms with E-state index >= 15 is 0 Å². The van der Waals surface area contributed by atoms with Gasteiger partial charge in [-0.2, -0.15) is 0 Å². The number of ether oxygens (including phenoxy) is 2. The van der Waals surface area contributed by atoms with Crippen LogP contribution in [0.1, 0.15) is 44.9 Å². The van der Waals surface area contributed by atoms with Gasteiger partial charge in [0.05, 0.1) is 24.7 Å². The number of amides is 1. The topological polar surface area (TPSA) is 55.8 Å². The van der Waals surface area contributed by atoms with Gasteiger partial charge in [-0.1, -0.05) is 0 Å². The first-order valence-corrected chi connectivity index (χ1v) is 9.02. The first-order chi connectivity index (χ1) is 12.0. The zero-order valence-electron chi connectivity index (χ0n) is 14.6. The van der Waals surface area contributed by atoms with E-state index in [-0.39, 0.29) is 17.6 Å². The maximum atomic E-state index is 12.7. The van der Waals surface area contributed by atoms with Gasteiger partial charge in [0.2, 0.25) is 0 Å². The van der Waals surface area contributed by atoms with Crippen molar-refractivity contribution in [3.05, 3.63) is 45.6 Å². The van der Waals surface area contributed by atoms with Crippen LogP contribution >= 0.6 is 11.3 Å². The third kappa shape index (κ3) is 3.54. The van der Waals surface area contributed by atoms with E-state index in [1.165, 1.54) is 18.3 Å². The van der Waals surface area contributed by atoms with Gasteiger partial charge in [-0.3, -0.25) is 9.59 Å². The number of hydrogen-bond acceptors (Lipinski definition) is 5. The molecule has 0 radical (unpaired) electrons. The number of carbonyl (C=O) groups excluding carboxylic acids is 2. The molecule has 0 aliphatic carbocycles. The second-order valence-corrected chi connectivity index (χ2v) is 7.01. The Bertz CT molecular complexity index is 798. The number of nitrogens with zero attached hydrogens (tertiary/aromatic N) is 1. The van der Waals surface area contributed by atoms with Crippen LogP contribution in [-0.4, -0.2) is 43.9 Å². The Balaban J connectivity index is 1.77. The monoisotopic (exact) mass is 359 g/mol. The van der Waals surface area contributed by atoms with Crippen LogP contribution < -0.4 is 9.47 Å². The van der Waals surface area contributed by atoms with Gasteiger partial charge in [-0.15, -0.1) is 11.3 Å². The van der Waals surface area contributed by atoms with Crippen molar-refractivity contribution in [3.63, 3.8) is 0 Å². The molecule has 0 unspecified atom stereocenters. The summed E-state index contributed by atoms with van der Waals surface area (Å²) in [6.07, 6.45) is 0.874. The highest BCUT2D eigenvalue weighted by Gasteiger charge is 2.30. The molecule has 2 aromatic rings. The number of thiophene rings is 1. The summed E-state index contributed by atoms with van der Waals surface area (Å²) in [4.78, 5) is 26.6. The first-order valence-electron chi connectivity index (χ1n) is 8.14. The summed E-state index contributed by atoms with van der Waals surface area (Å²) >= 11 is 1.32. The molecule has 1 aliphatic heterocycles. The van der Waals surface area contributed by atoms with Crippen molar-refractivity contribution in [2.75, 3.05) is 27.3 Å². The van der Waals surface area contributed by atoms with Crippen molar-refractivity contribution in [2.45, 2.75) is 19.3 Å². The number of carbonyl (C=O) groups is 2. The lowest BCUT2D eigenvalue weighted by Gasteiger charge is -2.18. The standard InChI is InChI=1S/C19H21NO4S/c1-12(21)18-8-14(11-25-18)19(22)20-7-6-13(10-20)16-9-15(23-2)4-5-17(16)24-3/h4-5,8-9,11,13H,6-7,10H2,1-3H3/t13-/m1/s1. The number of hydrogen-bond donors (Lipinski definition) is 0. The molecule has 6 heteroatoms. The molecule has 1 atom stereocenters. The molecule has 5 nitrogen and oxygen atoms in total. The number of methoxy groups -OCH3 is 2. The van der Waals surface area contributed by atoms with E-state index in [1.54, 1.807) is 25.7 Å². The maximum Gasteiger partial charge on any atom is 0.254 e. The highest BCUT2D eigenvalue weighted by molar-refractivity contribution is 7.12. The molecule has 3 rings (SSSR count). The zero-order chi connectivity index (χ0) is 18.0. The smallest absolute Gasteiger partial charge is 0.254 e. The molecule has 1 aromatic heterocycles. The van der Waals surface area contributed by atoms with Crippen LogP contribution in [0.3, 0.4) is 0 Å². The van der Waals surface area contributed by atoms with E-state index in [4.69, 9.17) is 9.47 Å². The number of rotatable bonds is 5. The summed E-state index contributed by atoms with van der Waals surface area (Å²) in [6.45, 7) is 2.84. The minimum absolute atomic E-state index is 0.00975. The third-order valence-corrected chi connectivity index (χ3v) is 5.58. The van der Waals surface area contributed by atoms with Crippen LogP contribution in [0.15, 0.2) is 29.6 Å². The average molecular weight is 359 g/mol. The van der Waals surface area contributed by atoms with E-state index in [9.17, 15) is 9.59 Å². The Labute approximate surface area is 151 Å². The van der Waals surface area contributed by atoms with E-state index in [2.05, 4.69) is 0 Å². The minimum atomic E-state index is -0.0203. The van der Waals surface area contributed by atoms with Gasteiger partial charge >= 0.3 is 0 Å². The minimum Gasteiger partial charge on any atom is -0.497 e. The van der Waals surface area contributed by atoms with Gasteiger partial charge in [0.1, 0.15) is 11.5 Å². The fraction of sp³-hybridized carbons (Fsp3) is 0.368. The van der Waals surface area contributed by atoms with E-state index < -0.39 is 0 Å². The number of benzene rings is 1. The maximum absolute atomic E-state index is 12.7. The highest BCUT2D eigenvalue weighted by atomic mass is 32.1. The second kappa shape index (κ2) is 7.27. The molecule has 0 N–H and O–H groups in total. The molecular formula is C19H21NO4S. The lowest BCUT2D eigenvalue weighted by atomic mass is 9.97. The summed E-state index contributed by atoms with van der Waals surface area (Å²) in [5.41, 5.74) is 1.65. The van der Waals surface area contributed by atoms with Crippen molar-refractivity contribution in [3.8, 4) is 11.5 Å². The molecule has 1 aromatic carbocycles. The van der Waals surface area contributed by atoms with Crippen molar-refractivity contribution < 1.29 is 19.1 Å². The second-order valence-electron chi connectivity index (χ2n) is 6.10. The molecule has 1 aliphatic rings. The Morgan fingerprint density at radius 2 is 2.00 bits per heavy atom. The molecule has 25 heavy (non-hydrogen) atoms. The van der Waals surface area contributed by atoms with Crippen LogP contribution in [0.5, 0.6) is 11.5 Å². The summed E-state index contributed by atoms with van der Waals surface area (Å²) in [6, 6.07) is 7.44. The Hall–Kier alpha value is -2.34. The largest absolute Gasteiger partial charge is 0.497 e. The SMILES string of the molecule is COc1ccc(OC)c([C@@H]2CCN(C(=O)c3csc(C(C)=O)c3)C2)c1. The molecule has 0 bridgehead atoms. The van der Waals surface area contributed by atoms with Gasteiger partial charge in [0.15, 0.2) is 5.78 Å². The molecule has 1 amide bonds. The van der Waals surface area contributed by atoms with Crippen LogP contribution in [0, 0.1) is 0 Å². The zero-order valence-corrected chi connectivity index (χ0v) is 15.4. The molecule has 0 saturated carbocycles. The Kier molecular flexibility index (Phi) is 5.08. The third-order valence-electron chi connectivity index (χ3n) is 4.55. The molecule has 1 fully saturated rings. The lowest BCUT2D eigenvalue weighted by molar-refractivity contribution is 0.0791. The quantitative estimate of drug-likeness (QED) is 0.766. The fourth-order valence-electron chi connectivity index (χ4n) is 3.17. The van der Waals surface area contributed by atoms with Crippen molar-refractivity contribution in [1.82, 2.24) is 4.90 Å². The van der Waals surface area contributed by atoms with Gasteiger partial charge in [-0.05, 0) is 37.6 Å². The van der Waals surface area contributed by atoms with E-state index in [0.717, 1.165) is 23.5 Å². The van der Waals surface area contributed by atoms with E-state index in [1.807, 2.05) is 23.1 Å². The van der Waals surface area contributed by atoms with Crippen LogP contribution in [0.2, 0.25) is 0 Å². The summed E-state index contributed by atoms with van der Waals surface area (Å²) in [5, 5.41) is 1.76. The highest BCUT2D eigenvalue weighted by Crippen LogP contribution is 2.36. The van der Waals surface area contributed by atoms with Gasteiger partial charge in [-0.25, -0.2) is 0 Å². The Morgan fingerprint density at radius 3 is 2.64 bits per heavy atom. The van der Waals surface area contributed by atoms with E-state index in [0.29, 0.717) is 23.5 Å². The molecule has 1 saturated heterocycles. The predicted octanol–water partition coefficient (Wildman–Crippen LogP) is 3.60. The van der Waals surface area contributed by atoms with Gasteiger partial charge in [0.25, 0.3) is 5.91 Å². The first kappa shape index (κ1) is 17.5. The summed E-state index contributed by atoms with van der Waals surface area (Å²) < 4.78 is 10.8. The molecule has 0 spiro atoms. The van der Waals surface area contributed by atoms with Crippen LogP contribution in [0.4, 0.5) is 0 Å². The van der Waals surface area contributed by atoms with Gasteiger partial charge < -0.3 is 14.4 Å². The van der Waals surface area contributed by atoms with Crippen LogP contribution in [-0.2, 0) is 0 Å².